The summed E-state index contributed by atoms with van der Waals surface area (Å²) in [5, 5.41) is 0.786. The van der Waals surface area contributed by atoms with E-state index >= 15 is 0 Å². The van der Waals surface area contributed by atoms with Crippen molar-refractivity contribution < 1.29 is 14.2 Å². The summed E-state index contributed by atoms with van der Waals surface area (Å²) in [4.78, 5) is 0. The van der Waals surface area contributed by atoms with E-state index in [1.807, 2.05) is 18.2 Å². The number of rotatable bonds is 10. The van der Waals surface area contributed by atoms with Gasteiger partial charge in [0.05, 0.1) is 13.2 Å². The van der Waals surface area contributed by atoms with Gasteiger partial charge in [-0.25, -0.2) is 0 Å². The largest absolute Gasteiger partial charge is 0.493 e. The predicted octanol–water partition coefficient (Wildman–Crippen LogP) is 4.18. The van der Waals surface area contributed by atoms with Crippen LogP contribution in [-0.2, 0) is 10.1 Å². The lowest BCUT2D eigenvalue weighted by molar-refractivity contribution is 0.184. The van der Waals surface area contributed by atoms with Gasteiger partial charge in [-0.2, -0.15) is 0 Å². The van der Waals surface area contributed by atoms with Gasteiger partial charge in [0, 0.05) is 30.7 Å². The van der Waals surface area contributed by atoms with Crippen molar-refractivity contribution in [3.8, 4) is 11.5 Å². The molecular weight excluding hydrogens is 308 g/mol. The van der Waals surface area contributed by atoms with Gasteiger partial charge in [0.1, 0.15) is 11.5 Å². The molecule has 0 bridgehead atoms. The third-order valence-electron chi connectivity index (χ3n) is 2.66. The molecular formula is C15H23BrO3. The second kappa shape index (κ2) is 10.1. The average molecular weight is 331 g/mol. The fourth-order valence-corrected chi connectivity index (χ4v) is 2.08. The number of hydrogen-bond acceptors (Lipinski definition) is 3. The number of alkyl halides is 1. The molecule has 1 aromatic carbocycles. The fourth-order valence-electron chi connectivity index (χ4n) is 1.62. The van der Waals surface area contributed by atoms with Gasteiger partial charge in [0.15, 0.2) is 0 Å². The smallest absolute Gasteiger partial charge is 0.127 e. The van der Waals surface area contributed by atoms with Crippen LogP contribution in [0.5, 0.6) is 11.5 Å². The molecule has 0 saturated carbocycles. The lowest BCUT2D eigenvalue weighted by Gasteiger charge is -2.12. The van der Waals surface area contributed by atoms with E-state index in [-0.39, 0.29) is 0 Å². The van der Waals surface area contributed by atoms with Gasteiger partial charge in [0.2, 0.25) is 0 Å². The summed E-state index contributed by atoms with van der Waals surface area (Å²) < 4.78 is 16.5. The first-order valence-corrected chi connectivity index (χ1v) is 7.87. The van der Waals surface area contributed by atoms with E-state index in [1.165, 1.54) is 0 Å². The van der Waals surface area contributed by atoms with Crippen molar-refractivity contribution >= 4 is 15.9 Å². The van der Waals surface area contributed by atoms with Crippen LogP contribution in [0, 0.1) is 0 Å². The number of methoxy groups -OCH3 is 1. The van der Waals surface area contributed by atoms with Crippen molar-refractivity contribution in [2.45, 2.75) is 31.5 Å². The molecule has 0 aromatic heterocycles. The zero-order chi connectivity index (χ0) is 13.9. The minimum Gasteiger partial charge on any atom is -0.493 e. The first-order chi connectivity index (χ1) is 9.31. The average Bonchev–Trinajstić information content (AvgIpc) is 2.45. The minimum atomic E-state index is 0.709. The normalized spacial score (nSPS) is 10.5. The van der Waals surface area contributed by atoms with Crippen LogP contribution in [0.4, 0.5) is 0 Å². The maximum absolute atomic E-state index is 5.83. The molecule has 4 heteroatoms. The Bertz CT molecular complexity index is 355. The van der Waals surface area contributed by atoms with Crippen molar-refractivity contribution in [2.75, 3.05) is 26.9 Å². The molecule has 0 N–H and O–H groups in total. The van der Waals surface area contributed by atoms with Gasteiger partial charge in [0.25, 0.3) is 0 Å². The van der Waals surface area contributed by atoms with Crippen LogP contribution in [-0.4, -0.2) is 26.9 Å². The lowest BCUT2D eigenvalue weighted by Crippen LogP contribution is -2.02. The number of ether oxygens (including phenoxy) is 3. The summed E-state index contributed by atoms with van der Waals surface area (Å²) >= 11 is 3.48. The molecule has 19 heavy (non-hydrogen) atoms. The number of unbranched alkanes of at least 4 members (excludes halogenated alkanes) is 1. The summed E-state index contributed by atoms with van der Waals surface area (Å²) in [6, 6.07) is 6.01. The molecule has 108 valence electrons. The first-order valence-electron chi connectivity index (χ1n) is 6.75. The molecule has 0 spiro atoms. The Balaban J connectivity index is 2.52. The third kappa shape index (κ3) is 6.30. The molecule has 0 heterocycles. The number of benzene rings is 1. The van der Waals surface area contributed by atoms with E-state index in [0.29, 0.717) is 6.61 Å². The number of halogens is 1. The first kappa shape index (κ1) is 16.3. The maximum atomic E-state index is 5.83. The molecule has 3 nitrogen and oxygen atoms in total. The van der Waals surface area contributed by atoms with E-state index in [9.17, 15) is 0 Å². The fraction of sp³-hybridized carbons (Fsp3) is 0.600. The number of hydrogen-bond donors (Lipinski definition) is 0. The van der Waals surface area contributed by atoms with Crippen molar-refractivity contribution in [3.63, 3.8) is 0 Å². The summed E-state index contributed by atoms with van der Waals surface area (Å²) in [5.74, 6) is 1.78. The Kier molecular flexibility index (Phi) is 8.67. The van der Waals surface area contributed by atoms with E-state index in [4.69, 9.17) is 14.2 Å². The van der Waals surface area contributed by atoms with Crippen LogP contribution in [0.1, 0.15) is 31.7 Å². The summed E-state index contributed by atoms with van der Waals surface area (Å²) in [7, 11) is 1.72. The monoisotopic (exact) mass is 330 g/mol. The lowest BCUT2D eigenvalue weighted by atomic mass is 10.2. The molecule has 0 fully saturated rings. The Hall–Kier alpha value is -0.740. The molecule has 0 amide bonds. The van der Waals surface area contributed by atoms with Crippen molar-refractivity contribution in [1.29, 1.82) is 0 Å². The highest BCUT2D eigenvalue weighted by Crippen LogP contribution is 2.27. The van der Waals surface area contributed by atoms with Crippen molar-refractivity contribution in [2.24, 2.45) is 0 Å². The zero-order valence-electron chi connectivity index (χ0n) is 11.8. The topological polar surface area (TPSA) is 27.7 Å². The molecule has 0 radical (unpaired) electrons. The van der Waals surface area contributed by atoms with Gasteiger partial charge in [-0.3, -0.25) is 0 Å². The molecule has 0 saturated heterocycles. The quantitative estimate of drug-likeness (QED) is 0.476. The van der Waals surface area contributed by atoms with Crippen molar-refractivity contribution in [1.82, 2.24) is 0 Å². The zero-order valence-corrected chi connectivity index (χ0v) is 13.4. The van der Waals surface area contributed by atoms with Gasteiger partial charge in [-0.15, -0.1) is 0 Å². The van der Waals surface area contributed by atoms with Crippen LogP contribution in [0.2, 0.25) is 0 Å². The van der Waals surface area contributed by atoms with E-state index in [2.05, 4.69) is 22.9 Å². The van der Waals surface area contributed by atoms with E-state index in [1.54, 1.807) is 7.11 Å². The second-order valence-corrected chi connectivity index (χ2v) is 4.86. The molecule has 1 aromatic rings. The molecule has 0 aliphatic heterocycles. The Morgan fingerprint density at radius 1 is 1.05 bits per heavy atom. The van der Waals surface area contributed by atoms with Crippen LogP contribution >= 0.6 is 15.9 Å². The van der Waals surface area contributed by atoms with Crippen LogP contribution < -0.4 is 9.47 Å². The van der Waals surface area contributed by atoms with Gasteiger partial charge in [-0.1, -0.05) is 28.9 Å². The molecule has 0 aliphatic carbocycles. The van der Waals surface area contributed by atoms with Crippen molar-refractivity contribution in [3.05, 3.63) is 23.8 Å². The van der Waals surface area contributed by atoms with Crippen LogP contribution in [0.25, 0.3) is 0 Å². The van der Waals surface area contributed by atoms with E-state index < -0.39 is 0 Å². The summed E-state index contributed by atoms with van der Waals surface area (Å²) in [6.07, 6.45) is 3.02. The minimum absolute atomic E-state index is 0.709. The van der Waals surface area contributed by atoms with Crippen LogP contribution in [0.3, 0.4) is 0 Å². The highest BCUT2D eigenvalue weighted by Gasteiger charge is 2.05. The standard InChI is InChI=1S/C15H23BrO3/c1-3-8-18-14-7-6-13(12-16)15(11-14)19-10-5-4-9-17-2/h6-7,11H,3-5,8-10,12H2,1-2H3. The van der Waals surface area contributed by atoms with Gasteiger partial charge >= 0.3 is 0 Å². The van der Waals surface area contributed by atoms with Gasteiger partial charge < -0.3 is 14.2 Å². The van der Waals surface area contributed by atoms with E-state index in [0.717, 1.165) is 54.9 Å². The highest BCUT2D eigenvalue weighted by atomic mass is 79.9. The second-order valence-electron chi connectivity index (χ2n) is 4.30. The van der Waals surface area contributed by atoms with Crippen LogP contribution in [0.15, 0.2) is 18.2 Å². The third-order valence-corrected chi connectivity index (χ3v) is 3.26. The highest BCUT2D eigenvalue weighted by molar-refractivity contribution is 9.08. The predicted molar refractivity (Wildman–Crippen MR) is 81.5 cm³/mol. The molecule has 0 aliphatic rings. The summed E-state index contributed by atoms with van der Waals surface area (Å²) in [5.41, 5.74) is 1.15. The Morgan fingerprint density at radius 3 is 2.53 bits per heavy atom. The molecule has 0 unspecified atom stereocenters. The summed E-state index contributed by atoms with van der Waals surface area (Å²) in [6.45, 7) is 4.33. The maximum Gasteiger partial charge on any atom is 0.127 e. The molecule has 0 atom stereocenters. The Labute approximate surface area is 124 Å². The van der Waals surface area contributed by atoms with Gasteiger partial charge in [-0.05, 0) is 25.3 Å². The SMILES string of the molecule is CCCOc1ccc(CBr)c(OCCCCOC)c1. The molecule has 1 rings (SSSR count). The Morgan fingerprint density at radius 2 is 1.84 bits per heavy atom.